The number of hydrogen-bond donors (Lipinski definition) is 1. The minimum absolute atomic E-state index is 0.215. The van der Waals surface area contributed by atoms with E-state index in [2.05, 4.69) is 46.9 Å². The number of carbonyl (C=O) groups excluding carboxylic acids is 1. The minimum Gasteiger partial charge on any atom is -0.444 e. The third-order valence-corrected chi connectivity index (χ3v) is 12.9. The second-order valence-electron chi connectivity index (χ2n) is 19.2. The molecule has 0 bridgehead atoms. The van der Waals surface area contributed by atoms with Crippen molar-refractivity contribution in [1.29, 1.82) is 0 Å². The second kappa shape index (κ2) is 43.4. The predicted molar refractivity (Wildman–Crippen MR) is 259 cm³/mol. The highest BCUT2D eigenvalue weighted by atomic mass is 16.6. The van der Waals surface area contributed by atoms with Crippen LogP contribution in [-0.4, -0.2) is 69.6 Å². The van der Waals surface area contributed by atoms with Gasteiger partial charge in [0.15, 0.2) is 0 Å². The lowest BCUT2D eigenvalue weighted by Gasteiger charge is -2.31. The topological polar surface area (TPSA) is 75.3 Å². The van der Waals surface area contributed by atoms with Gasteiger partial charge in [-0.15, -0.1) is 0 Å². The molecule has 0 aromatic carbocycles. The van der Waals surface area contributed by atoms with Gasteiger partial charge in [-0.3, -0.25) is 0 Å². The van der Waals surface area contributed by atoms with Crippen LogP contribution in [0.1, 0.15) is 273 Å². The summed E-state index contributed by atoms with van der Waals surface area (Å²) in [5.41, 5.74) is -0.533. The number of ether oxygens (including phenoxy) is 5. The van der Waals surface area contributed by atoms with Gasteiger partial charge in [0.1, 0.15) is 12.2 Å². The summed E-state index contributed by atoms with van der Waals surface area (Å²) in [6, 6.07) is 0. The summed E-state index contributed by atoms with van der Waals surface area (Å²) in [7, 11) is 1.74. The quantitative estimate of drug-likeness (QED) is 0.0615. The minimum atomic E-state index is -0.407. The van der Waals surface area contributed by atoms with Gasteiger partial charge in [0.05, 0.1) is 24.4 Å². The number of nitrogens with one attached hydrogen (secondary N) is 1. The Morgan fingerprint density at radius 2 is 0.900 bits per heavy atom. The van der Waals surface area contributed by atoms with Crippen LogP contribution in [0.2, 0.25) is 0 Å². The van der Waals surface area contributed by atoms with E-state index in [0.717, 1.165) is 32.3 Å². The summed E-state index contributed by atoms with van der Waals surface area (Å²) in [5, 5.41) is 2.97. The second-order valence-corrected chi connectivity index (χ2v) is 19.2. The highest BCUT2D eigenvalue weighted by Crippen LogP contribution is 2.23. The molecule has 0 aromatic rings. The number of carbonyl (C=O) groups is 1. The lowest BCUT2D eigenvalue weighted by molar-refractivity contribution is -0.0790. The number of hydrogen-bond acceptors (Lipinski definition) is 6. The molecule has 7 heteroatoms. The molecule has 3 atom stereocenters. The molecule has 0 aliphatic carbocycles. The summed E-state index contributed by atoms with van der Waals surface area (Å²) < 4.78 is 30.2. The SMILES string of the molecule is CCCCCCCCCCCCCCCCCCOCC(OCCCCCCCCCCCCCCCCCC)C(C)OC(=O)NCCC(C)(CC)OCCC(C)(C)OC. The zero-order valence-corrected chi connectivity index (χ0v) is 41.9. The standard InChI is InChI=1S/C53H107NO6/c1-9-12-14-16-18-20-22-24-26-28-30-32-34-36-38-40-45-57-48-50(58-46-41-39-37-35-33-31-29-27-25-23-21-19-17-15-13-10-2)49(4)60-51(55)54-44-42-53(7,11-3)59-47-43-52(5,6)56-8/h49-50H,9-48H2,1-8H3,(H,54,55). The van der Waals surface area contributed by atoms with Crippen molar-refractivity contribution in [2.75, 3.05) is 40.1 Å². The third-order valence-electron chi connectivity index (χ3n) is 12.9. The third kappa shape index (κ3) is 39.9. The molecule has 360 valence electrons. The first-order valence-corrected chi connectivity index (χ1v) is 26.5. The number of unbranched alkanes of at least 4 members (excludes halogenated alkanes) is 30. The zero-order valence-electron chi connectivity index (χ0n) is 41.9. The van der Waals surface area contributed by atoms with E-state index in [4.69, 9.17) is 23.7 Å². The van der Waals surface area contributed by atoms with Gasteiger partial charge in [-0.05, 0) is 59.8 Å². The summed E-state index contributed by atoms with van der Waals surface area (Å²) in [6.07, 6.45) is 44.7. The number of methoxy groups -OCH3 is 1. The molecule has 0 rings (SSSR count). The normalized spacial score (nSPS) is 14.0. The van der Waals surface area contributed by atoms with Crippen LogP contribution in [0.5, 0.6) is 0 Å². The van der Waals surface area contributed by atoms with E-state index in [1.807, 2.05) is 6.92 Å². The van der Waals surface area contributed by atoms with Crippen molar-refractivity contribution < 1.29 is 28.5 Å². The van der Waals surface area contributed by atoms with E-state index >= 15 is 0 Å². The molecule has 60 heavy (non-hydrogen) atoms. The van der Waals surface area contributed by atoms with Gasteiger partial charge < -0.3 is 29.0 Å². The molecule has 7 nitrogen and oxygen atoms in total. The van der Waals surface area contributed by atoms with Crippen LogP contribution in [0, 0.1) is 0 Å². The number of alkyl carbamates (subject to hydrolysis) is 1. The highest BCUT2D eigenvalue weighted by Gasteiger charge is 2.26. The van der Waals surface area contributed by atoms with Crippen LogP contribution >= 0.6 is 0 Å². The molecule has 0 radical (unpaired) electrons. The lowest BCUT2D eigenvalue weighted by Crippen LogP contribution is -2.40. The Labute approximate surface area is 375 Å². The van der Waals surface area contributed by atoms with Crippen molar-refractivity contribution in [2.45, 2.75) is 297 Å². The van der Waals surface area contributed by atoms with Crippen molar-refractivity contribution in [1.82, 2.24) is 5.32 Å². The molecular formula is C53H107NO6. The van der Waals surface area contributed by atoms with Gasteiger partial charge in [-0.25, -0.2) is 4.79 Å². The largest absolute Gasteiger partial charge is 0.444 e. The van der Waals surface area contributed by atoms with Crippen molar-refractivity contribution in [3.63, 3.8) is 0 Å². The van der Waals surface area contributed by atoms with E-state index < -0.39 is 12.2 Å². The number of amides is 1. The monoisotopic (exact) mass is 854 g/mol. The van der Waals surface area contributed by atoms with E-state index in [1.165, 1.54) is 193 Å². The molecule has 1 amide bonds. The molecule has 0 aliphatic heterocycles. The number of rotatable bonds is 48. The fraction of sp³-hybridized carbons (Fsp3) is 0.981. The fourth-order valence-corrected chi connectivity index (χ4v) is 7.87. The van der Waals surface area contributed by atoms with Gasteiger partial charge >= 0.3 is 6.09 Å². The molecular weight excluding hydrogens is 747 g/mol. The van der Waals surface area contributed by atoms with Gasteiger partial charge in [0.2, 0.25) is 0 Å². The van der Waals surface area contributed by atoms with Gasteiger partial charge in [-0.1, -0.05) is 213 Å². The maximum Gasteiger partial charge on any atom is 0.407 e. The maximum atomic E-state index is 12.9. The summed E-state index contributed by atoms with van der Waals surface area (Å²) >= 11 is 0. The molecule has 3 unspecified atom stereocenters. The van der Waals surface area contributed by atoms with Crippen LogP contribution in [0.25, 0.3) is 0 Å². The zero-order chi connectivity index (χ0) is 44.3. The average Bonchev–Trinajstić information content (AvgIpc) is 3.23. The van der Waals surface area contributed by atoms with Crippen LogP contribution in [0.3, 0.4) is 0 Å². The van der Waals surface area contributed by atoms with Crippen molar-refractivity contribution in [3.8, 4) is 0 Å². The smallest absolute Gasteiger partial charge is 0.407 e. The molecule has 0 saturated carbocycles. The highest BCUT2D eigenvalue weighted by molar-refractivity contribution is 5.67. The molecule has 1 N–H and O–H groups in total. The van der Waals surface area contributed by atoms with Gasteiger partial charge in [0.25, 0.3) is 0 Å². The lowest BCUT2D eigenvalue weighted by atomic mass is 9.98. The Morgan fingerprint density at radius 1 is 0.517 bits per heavy atom. The molecule has 0 spiro atoms. The van der Waals surface area contributed by atoms with Crippen molar-refractivity contribution in [2.24, 2.45) is 0 Å². The first-order chi connectivity index (χ1) is 29.1. The molecule has 0 aliphatic rings. The first-order valence-electron chi connectivity index (χ1n) is 26.5. The first kappa shape index (κ1) is 59.1. The van der Waals surface area contributed by atoms with Gasteiger partial charge in [0, 0.05) is 26.9 Å². The maximum absolute atomic E-state index is 12.9. The van der Waals surface area contributed by atoms with Crippen LogP contribution in [-0.2, 0) is 23.7 Å². The Kier molecular flexibility index (Phi) is 42.7. The van der Waals surface area contributed by atoms with E-state index in [1.54, 1.807) is 7.11 Å². The molecule has 0 aromatic heterocycles. The van der Waals surface area contributed by atoms with Crippen LogP contribution in [0.15, 0.2) is 0 Å². The predicted octanol–water partition coefficient (Wildman–Crippen LogP) is 16.4. The average molecular weight is 854 g/mol. The fourth-order valence-electron chi connectivity index (χ4n) is 7.87. The van der Waals surface area contributed by atoms with E-state index in [0.29, 0.717) is 32.8 Å². The van der Waals surface area contributed by atoms with Crippen LogP contribution in [0.4, 0.5) is 4.79 Å². The molecule has 0 fully saturated rings. The van der Waals surface area contributed by atoms with Crippen LogP contribution < -0.4 is 5.32 Å². The van der Waals surface area contributed by atoms with E-state index in [9.17, 15) is 4.79 Å². The van der Waals surface area contributed by atoms with Crippen molar-refractivity contribution >= 4 is 6.09 Å². The molecule has 0 saturated heterocycles. The Morgan fingerprint density at radius 3 is 1.28 bits per heavy atom. The summed E-state index contributed by atoms with van der Waals surface area (Å²) in [5.74, 6) is 0. The Balaban J connectivity index is 4.43. The van der Waals surface area contributed by atoms with E-state index in [-0.39, 0.29) is 17.3 Å². The van der Waals surface area contributed by atoms with Crippen molar-refractivity contribution in [3.05, 3.63) is 0 Å². The summed E-state index contributed by atoms with van der Waals surface area (Å²) in [4.78, 5) is 12.9. The Hall–Kier alpha value is -0.890. The molecule has 0 heterocycles. The van der Waals surface area contributed by atoms with Gasteiger partial charge in [-0.2, -0.15) is 0 Å². The summed E-state index contributed by atoms with van der Waals surface area (Å²) in [6.45, 7) is 17.9. The Bertz CT molecular complexity index is 885.